The largest absolute Gasteiger partial charge is 0.333 e. The lowest BCUT2D eigenvalue weighted by atomic mass is 9.85. The monoisotopic (exact) mass is 626 g/mol. The first-order valence-corrected chi connectivity index (χ1v) is 15.9. The van der Waals surface area contributed by atoms with E-state index in [4.69, 9.17) is 16.7 Å². The van der Waals surface area contributed by atoms with E-state index < -0.39 is 5.56 Å². The summed E-state index contributed by atoms with van der Waals surface area (Å²) in [5.74, 6) is 0.997. The van der Waals surface area contributed by atoms with E-state index >= 15 is 0 Å². The summed E-state index contributed by atoms with van der Waals surface area (Å²) in [5.41, 5.74) is 4.67. The van der Waals surface area contributed by atoms with Crippen molar-refractivity contribution in [2.24, 2.45) is 5.92 Å². The Bertz CT molecular complexity index is 1760. The predicted molar refractivity (Wildman–Crippen MR) is 178 cm³/mol. The first-order chi connectivity index (χ1) is 21.4. The van der Waals surface area contributed by atoms with Gasteiger partial charge >= 0.3 is 6.03 Å². The van der Waals surface area contributed by atoms with Crippen LogP contribution >= 0.6 is 11.6 Å². The van der Waals surface area contributed by atoms with E-state index in [1.54, 1.807) is 4.68 Å². The van der Waals surface area contributed by atoms with Gasteiger partial charge in [-0.05, 0) is 80.8 Å². The number of carbonyl (C=O) groups is 2. The SMILES string of the molecule is Cc1ccc(-n2nc(C(C)(C)C)cc2NC(=O)Nc2ccc(CC3CC4CCC(C3)N4C(=O)c3c[nH]c(=O)c(Cl)c3)cc2)cc1. The van der Waals surface area contributed by atoms with E-state index in [1.807, 2.05) is 54.3 Å². The molecule has 3 N–H and O–H groups in total. The van der Waals surface area contributed by atoms with Crippen LogP contribution in [0.2, 0.25) is 5.02 Å². The van der Waals surface area contributed by atoms with Crippen molar-refractivity contribution < 1.29 is 9.59 Å². The van der Waals surface area contributed by atoms with Crippen molar-refractivity contribution >= 4 is 35.0 Å². The molecule has 6 rings (SSSR count). The van der Waals surface area contributed by atoms with Crippen LogP contribution in [0.4, 0.5) is 16.3 Å². The number of carbonyl (C=O) groups excluding carboxylic acids is 2. The van der Waals surface area contributed by atoms with Gasteiger partial charge in [-0.3, -0.25) is 14.9 Å². The third-order valence-corrected chi connectivity index (χ3v) is 9.18. The number of pyridine rings is 1. The molecule has 0 saturated carbocycles. The maximum Gasteiger partial charge on any atom is 0.324 e. The Balaban J connectivity index is 1.07. The Hall–Kier alpha value is -4.37. The molecule has 234 valence electrons. The number of rotatable bonds is 6. The molecule has 2 aromatic carbocycles. The fraction of sp³-hybridized carbons (Fsp3) is 0.371. The second-order valence-electron chi connectivity index (χ2n) is 13.4. The zero-order chi connectivity index (χ0) is 31.9. The highest BCUT2D eigenvalue weighted by molar-refractivity contribution is 6.30. The summed E-state index contributed by atoms with van der Waals surface area (Å²) in [6.07, 6.45) is 6.22. The molecule has 2 saturated heterocycles. The van der Waals surface area contributed by atoms with Gasteiger partial charge in [0.2, 0.25) is 0 Å². The lowest BCUT2D eigenvalue weighted by molar-refractivity contribution is 0.0524. The van der Waals surface area contributed by atoms with Crippen molar-refractivity contribution in [3.05, 3.63) is 105 Å². The molecule has 2 aliphatic heterocycles. The van der Waals surface area contributed by atoms with Crippen LogP contribution in [0.15, 0.2) is 71.7 Å². The predicted octanol–water partition coefficient (Wildman–Crippen LogP) is 7.09. The Morgan fingerprint density at radius 1 is 0.978 bits per heavy atom. The van der Waals surface area contributed by atoms with E-state index in [-0.39, 0.29) is 34.5 Å². The molecule has 45 heavy (non-hydrogen) atoms. The number of nitrogens with one attached hydrogen (secondary N) is 3. The van der Waals surface area contributed by atoms with Crippen molar-refractivity contribution in [1.29, 1.82) is 0 Å². The molecule has 2 unspecified atom stereocenters. The number of aromatic nitrogens is 3. The number of anilines is 2. The maximum absolute atomic E-state index is 13.3. The number of halogens is 1. The minimum atomic E-state index is -0.392. The third kappa shape index (κ3) is 6.68. The van der Waals surface area contributed by atoms with Gasteiger partial charge in [-0.2, -0.15) is 5.10 Å². The quantitative estimate of drug-likeness (QED) is 0.212. The van der Waals surface area contributed by atoms with Crippen LogP contribution in [0, 0.1) is 12.8 Å². The van der Waals surface area contributed by atoms with E-state index in [0.717, 1.165) is 49.0 Å². The van der Waals surface area contributed by atoms with Crippen LogP contribution in [0.5, 0.6) is 0 Å². The number of fused-ring (bicyclic) bond motifs is 2. The van der Waals surface area contributed by atoms with Crippen molar-refractivity contribution in [2.45, 2.75) is 77.3 Å². The average Bonchev–Trinajstić information content (AvgIpc) is 3.54. The zero-order valence-electron chi connectivity index (χ0n) is 26.1. The number of aromatic amines is 1. The molecule has 3 amide bonds. The van der Waals surface area contributed by atoms with Gasteiger partial charge in [0.15, 0.2) is 0 Å². The van der Waals surface area contributed by atoms with Crippen molar-refractivity contribution in [1.82, 2.24) is 19.7 Å². The van der Waals surface area contributed by atoms with Crippen molar-refractivity contribution in [3.63, 3.8) is 0 Å². The van der Waals surface area contributed by atoms with E-state index in [1.165, 1.54) is 17.8 Å². The summed E-state index contributed by atoms with van der Waals surface area (Å²) < 4.78 is 1.77. The Morgan fingerprint density at radius 3 is 2.27 bits per heavy atom. The first-order valence-electron chi connectivity index (χ1n) is 15.5. The summed E-state index contributed by atoms with van der Waals surface area (Å²) in [5, 5.41) is 10.8. The fourth-order valence-electron chi connectivity index (χ4n) is 6.57. The molecule has 2 aromatic heterocycles. The second-order valence-corrected chi connectivity index (χ2v) is 13.8. The summed E-state index contributed by atoms with van der Waals surface area (Å²) in [6.45, 7) is 8.33. The van der Waals surface area contributed by atoms with Gasteiger partial charge in [-0.1, -0.05) is 62.2 Å². The fourth-order valence-corrected chi connectivity index (χ4v) is 6.74. The lowest BCUT2D eigenvalue weighted by Gasteiger charge is -2.39. The number of hydrogen-bond donors (Lipinski definition) is 3. The minimum Gasteiger partial charge on any atom is -0.333 e. The van der Waals surface area contributed by atoms with Crippen LogP contribution in [0.3, 0.4) is 0 Å². The van der Waals surface area contributed by atoms with Crippen molar-refractivity contribution in [3.8, 4) is 5.69 Å². The van der Waals surface area contributed by atoms with Crippen LogP contribution in [-0.2, 0) is 11.8 Å². The Morgan fingerprint density at radius 2 is 1.64 bits per heavy atom. The highest BCUT2D eigenvalue weighted by atomic mass is 35.5. The molecule has 0 aliphatic carbocycles. The molecular weight excluding hydrogens is 588 g/mol. The van der Waals surface area contributed by atoms with Gasteiger partial charge in [0, 0.05) is 35.4 Å². The highest BCUT2D eigenvalue weighted by Crippen LogP contribution is 2.41. The number of benzene rings is 2. The summed E-state index contributed by atoms with van der Waals surface area (Å²) in [4.78, 5) is 42.5. The molecule has 9 nitrogen and oxygen atoms in total. The maximum atomic E-state index is 13.3. The molecule has 2 aliphatic rings. The summed E-state index contributed by atoms with van der Waals surface area (Å²) >= 11 is 5.98. The van der Waals surface area contributed by atoms with E-state index in [9.17, 15) is 14.4 Å². The minimum absolute atomic E-state index is 0.0297. The molecule has 4 heterocycles. The third-order valence-electron chi connectivity index (χ3n) is 8.90. The van der Waals surface area contributed by atoms with E-state index in [2.05, 4.69) is 48.5 Å². The molecule has 4 aromatic rings. The molecule has 2 fully saturated rings. The lowest BCUT2D eigenvalue weighted by Crippen LogP contribution is -2.47. The van der Waals surface area contributed by atoms with Crippen LogP contribution in [-0.4, -0.2) is 43.7 Å². The Labute approximate surface area is 268 Å². The van der Waals surface area contributed by atoms with Gasteiger partial charge < -0.3 is 15.2 Å². The zero-order valence-corrected chi connectivity index (χ0v) is 26.8. The first kappa shape index (κ1) is 30.6. The van der Waals surface area contributed by atoms with Crippen LogP contribution in [0.1, 0.15) is 73.6 Å². The summed E-state index contributed by atoms with van der Waals surface area (Å²) in [6, 6.07) is 19.4. The number of H-pyrrole nitrogens is 1. The highest BCUT2D eigenvalue weighted by Gasteiger charge is 2.43. The number of hydrogen-bond acceptors (Lipinski definition) is 4. The van der Waals surface area contributed by atoms with Crippen molar-refractivity contribution in [2.75, 3.05) is 10.6 Å². The van der Waals surface area contributed by atoms with Gasteiger partial charge in [0.05, 0.1) is 16.9 Å². The topological polar surface area (TPSA) is 112 Å². The molecule has 0 radical (unpaired) electrons. The van der Waals surface area contributed by atoms with Gasteiger partial charge in [0.1, 0.15) is 10.8 Å². The molecule has 2 bridgehead atoms. The van der Waals surface area contributed by atoms with Gasteiger partial charge in [-0.25, -0.2) is 9.48 Å². The smallest absolute Gasteiger partial charge is 0.324 e. The number of amides is 3. The normalized spacial score (nSPS) is 19.4. The number of aryl methyl sites for hydroxylation is 1. The number of urea groups is 1. The van der Waals surface area contributed by atoms with Gasteiger partial charge in [0.25, 0.3) is 11.5 Å². The van der Waals surface area contributed by atoms with E-state index in [0.29, 0.717) is 23.0 Å². The molecular formula is C35H39ClN6O3. The average molecular weight is 627 g/mol. The molecule has 0 spiro atoms. The second kappa shape index (κ2) is 12.2. The van der Waals surface area contributed by atoms with Crippen LogP contribution in [0.25, 0.3) is 5.69 Å². The Kier molecular flexibility index (Phi) is 8.31. The number of nitrogens with zero attached hydrogens (tertiary/aromatic N) is 3. The molecule has 2 atom stereocenters. The number of piperidine rings is 1. The summed E-state index contributed by atoms with van der Waals surface area (Å²) in [7, 11) is 0. The van der Waals surface area contributed by atoms with Gasteiger partial charge in [-0.15, -0.1) is 0 Å². The molecule has 10 heteroatoms. The standard InChI is InChI=1S/C35H39ClN6O3/c1-21-5-11-26(12-6-21)42-31(19-30(40-42)35(2,3)4)39-34(45)38-25-9-7-22(8-10-25)15-23-16-27-13-14-28(17-23)41(27)33(44)24-18-29(36)32(43)37-20-24/h5-12,18-20,23,27-28H,13-17H2,1-4H3,(H,37,43)(H2,38,39,45). The van der Waals surface area contributed by atoms with Crippen LogP contribution < -0.4 is 16.2 Å².